The Labute approximate surface area is 143 Å². The zero-order valence-electron chi connectivity index (χ0n) is 13.4. The molecule has 1 aliphatic heterocycles. The zero-order chi connectivity index (χ0) is 16.4. The SMILES string of the molecule is CC(NC(=O)C1(N)CCCCC1)C(=O)N1CCS(=O)(=O)CC1.Cl. The summed E-state index contributed by atoms with van der Waals surface area (Å²) in [4.78, 5) is 26.1. The first kappa shape index (κ1) is 20.2. The lowest BCUT2D eigenvalue weighted by atomic mass is 9.82. The lowest BCUT2D eigenvalue weighted by Gasteiger charge is -2.34. The van der Waals surface area contributed by atoms with Gasteiger partial charge in [0.25, 0.3) is 0 Å². The number of nitrogens with one attached hydrogen (secondary N) is 1. The van der Waals surface area contributed by atoms with Crippen LogP contribution in [0.5, 0.6) is 0 Å². The molecule has 9 heteroatoms. The molecule has 23 heavy (non-hydrogen) atoms. The topological polar surface area (TPSA) is 110 Å². The van der Waals surface area contributed by atoms with Gasteiger partial charge in [0, 0.05) is 13.1 Å². The maximum absolute atomic E-state index is 12.3. The Hall–Kier alpha value is -0.860. The fourth-order valence-electron chi connectivity index (χ4n) is 3.02. The highest BCUT2D eigenvalue weighted by molar-refractivity contribution is 7.91. The first-order valence-electron chi connectivity index (χ1n) is 7.83. The molecule has 134 valence electrons. The van der Waals surface area contributed by atoms with Crippen LogP contribution in [0.15, 0.2) is 0 Å². The quantitative estimate of drug-likeness (QED) is 0.719. The average molecular weight is 368 g/mol. The third-order valence-electron chi connectivity index (χ3n) is 4.57. The highest BCUT2D eigenvalue weighted by Crippen LogP contribution is 2.26. The standard InChI is InChI=1S/C14H25N3O4S.ClH/c1-11(12(18)17-7-9-22(20,21)10-8-17)16-13(19)14(15)5-3-2-4-6-14;/h11H,2-10,15H2,1H3,(H,16,19);1H. The zero-order valence-corrected chi connectivity index (χ0v) is 15.0. The molecule has 1 saturated carbocycles. The van der Waals surface area contributed by atoms with Gasteiger partial charge >= 0.3 is 0 Å². The molecule has 1 aliphatic carbocycles. The van der Waals surface area contributed by atoms with Crippen molar-refractivity contribution in [2.24, 2.45) is 5.73 Å². The Kier molecular flexibility index (Phi) is 6.85. The molecule has 2 aliphatic rings. The van der Waals surface area contributed by atoms with Crippen molar-refractivity contribution in [3.63, 3.8) is 0 Å². The summed E-state index contributed by atoms with van der Waals surface area (Å²) in [5.74, 6) is -0.555. The molecule has 7 nitrogen and oxygen atoms in total. The Morgan fingerprint density at radius 3 is 2.17 bits per heavy atom. The number of rotatable bonds is 3. The maximum Gasteiger partial charge on any atom is 0.244 e. The van der Waals surface area contributed by atoms with Gasteiger partial charge in [-0.2, -0.15) is 0 Å². The minimum Gasteiger partial charge on any atom is -0.343 e. The van der Waals surface area contributed by atoms with Gasteiger partial charge in [-0.3, -0.25) is 9.59 Å². The molecule has 0 aromatic carbocycles. The van der Waals surface area contributed by atoms with E-state index < -0.39 is 21.4 Å². The van der Waals surface area contributed by atoms with E-state index in [9.17, 15) is 18.0 Å². The second-order valence-corrected chi connectivity index (χ2v) is 8.69. The van der Waals surface area contributed by atoms with E-state index in [-0.39, 0.29) is 48.8 Å². The Balaban J connectivity index is 0.00000264. The maximum atomic E-state index is 12.3. The summed E-state index contributed by atoms with van der Waals surface area (Å²) in [6.45, 7) is 2.00. The van der Waals surface area contributed by atoms with E-state index in [1.807, 2.05) is 0 Å². The van der Waals surface area contributed by atoms with E-state index in [1.54, 1.807) is 6.92 Å². The van der Waals surface area contributed by atoms with Crippen LogP contribution >= 0.6 is 12.4 Å². The van der Waals surface area contributed by atoms with E-state index in [4.69, 9.17) is 5.73 Å². The molecule has 0 radical (unpaired) electrons. The number of sulfone groups is 1. The molecule has 0 aromatic heterocycles. The number of carbonyl (C=O) groups is 2. The third kappa shape index (κ3) is 5.06. The summed E-state index contributed by atoms with van der Waals surface area (Å²) in [5.41, 5.74) is 5.27. The number of nitrogens with two attached hydrogens (primary N) is 1. The van der Waals surface area contributed by atoms with Crippen molar-refractivity contribution in [1.82, 2.24) is 10.2 Å². The van der Waals surface area contributed by atoms with Gasteiger partial charge in [0.2, 0.25) is 11.8 Å². The van der Waals surface area contributed by atoms with Gasteiger partial charge in [0.05, 0.1) is 17.0 Å². The Morgan fingerprint density at radius 2 is 1.65 bits per heavy atom. The smallest absolute Gasteiger partial charge is 0.244 e. The lowest BCUT2D eigenvalue weighted by molar-refractivity contribution is -0.137. The predicted molar refractivity (Wildman–Crippen MR) is 90.1 cm³/mol. The molecule has 0 aromatic rings. The molecule has 2 rings (SSSR count). The predicted octanol–water partition coefficient (Wildman–Crippen LogP) is -0.168. The summed E-state index contributed by atoms with van der Waals surface area (Å²) < 4.78 is 22.8. The third-order valence-corrected chi connectivity index (χ3v) is 6.18. The summed E-state index contributed by atoms with van der Waals surface area (Å²) in [6, 6.07) is -0.685. The van der Waals surface area contributed by atoms with E-state index >= 15 is 0 Å². The minimum absolute atomic E-state index is 0. The van der Waals surface area contributed by atoms with Crippen molar-refractivity contribution in [2.75, 3.05) is 24.6 Å². The van der Waals surface area contributed by atoms with E-state index in [0.717, 1.165) is 19.3 Å². The summed E-state index contributed by atoms with van der Waals surface area (Å²) in [7, 11) is -3.03. The van der Waals surface area contributed by atoms with Crippen LogP contribution in [0.25, 0.3) is 0 Å². The number of amides is 2. The van der Waals surface area contributed by atoms with Crippen LogP contribution in [-0.2, 0) is 19.4 Å². The molecule has 0 spiro atoms. The van der Waals surface area contributed by atoms with Gasteiger partial charge in [0.1, 0.15) is 6.04 Å². The van der Waals surface area contributed by atoms with Gasteiger partial charge in [-0.15, -0.1) is 12.4 Å². The highest BCUT2D eigenvalue weighted by atomic mass is 35.5. The molecular formula is C14H26ClN3O4S. The monoisotopic (exact) mass is 367 g/mol. The Bertz CT molecular complexity index is 532. The number of nitrogens with zero attached hydrogens (tertiary/aromatic N) is 1. The lowest BCUT2D eigenvalue weighted by Crippen LogP contribution is -2.59. The highest BCUT2D eigenvalue weighted by Gasteiger charge is 2.37. The van der Waals surface area contributed by atoms with E-state index in [2.05, 4.69) is 5.32 Å². The van der Waals surface area contributed by atoms with Crippen molar-refractivity contribution < 1.29 is 18.0 Å². The van der Waals surface area contributed by atoms with Crippen molar-refractivity contribution in [3.05, 3.63) is 0 Å². The molecule has 2 fully saturated rings. The number of carbonyl (C=O) groups excluding carboxylic acids is 2. The van der Waals surface area contributed by atoms with Gasteiger partial charge in [-0.25, -0.2) is 8.42 Å². The molecule has 1 unspecified atom stereocenters. The van der Waals surface area contributed by atoms with Crippen LogP contribution in [0.2, 0.25) is 0 Å². The van der Waals surface area contributed by atoms with Gasteiger partial charge < -0.3 is 16.0 Å². The van der Waals surface area contributed by atoms with Crippen LogP contribution < -0.4 is 11.1 Å². The van der Waals surface area contributed by atoms with Crippen molar-refractivity contribution in [1.29, 1.82) is 0 Å². The molecule has 1 heterocycles. The van der Waals surface area contributed by atoms with Crippen LogP contribution in [-0.4, -0.2) is 61.3 Å². The fraction of sp³-hybridized carbons (Fsp3) is 0.857. The second kappa shape index (κ2) is 7.81. The molecular weight excluding hydrogens is 342 g/mol. The van der Waals surface area contributed by atoms with Crippen LogP contribution in [0.1, 0.15) is 39.0 Å². The van der Waals surface area contributed by atoms with Gasteiger partial charge in [0.15, 0.2) is 9.84 Å². The van der Waals surface area contributed by atoms with Crippen LogP contribution in [0.4, 0.5) is 0 Å². The van der Waals surface area contributed by atoms with E-state index in [1.165, 1.54) is 4.90 Å². The molecule has 1 atom stereocenters. The van der Waals surface area contributed by atoms with Crippen molar-refractivity contribution in [3.8, 4) is 0 Å². The first-order chi connectivity index (χ1) is 10.2. The normalized spacial score (nSPS) is 24.2. The summed E-state index contributed by atoms with van der Waals surface area (Å²) in [6.07, 6.45) is 4.22. The van der Waals surface area contributed by atoms with Crippen molar-refractivity contribution in [2.45, 2.75) is 50.6 Å². The van der Waals surface area contributed by atoms with E-state index in [0.29, 0.717) is 12.8 Å². The number of hydrogen-bond acceptors (Lipinski definition) is 5. The molecule has 2 amide bonds. The summed E-state index contributed by atoms with van der Waals surface area (Å²) >= 11 is 0. The fourth-order valence-corrected chi connectivity index (χ4v) is 4.22. The van der Waals surface area contributed by atoms with Crippen molar-refractivity contribution >= 4 is 34.1 Å². The largest absolute Gasteiger partial charge is 0.343 e. The molecule has 1 saturated heterocycles. The summed E-state index contributed by atoms with van der Waals surface area (Å²) in [5, 5.41) is 2.70. The first-order valence-corrected chi connectivity index (χ1v) is 9.65. The minimum atomic E-state index is -3.03. The van der Waals surface area contributed by atoms with Gasteiger partial charge in [-0.1, -0.05) is 19.3 Å². The average Bonchev–Trinajstić information content (AvgIpc) is 2.47. The van der Waals surface area contributed by atoms with Crippen LogP contribution in [0.3, 0.4) is 0 Å². The van der Waals surface area contributed by atoms with Crippen LogP contribution in [0, 0.1) is 0 Å². The number of hydrogen-bond donors (Lipinski definition) is 2. The number of halogens is 1. The Morgan fingerprint density at radius 1 is 1.13 bits per heavy atom. The molecule has 3 N–H and O–H groups in total. The van der Waals surface area contributed by atoms with Gasteiger partial charge in [-0.05, 0) is 19.8 Å². The second-order valence-electron chi connectivity index (χ2n) is 6.39. The molecule has 0 bridgehead atoms.